The molecular formula is C20H15FN4O7S3. The molecule has 2 heterocycles. The van der Waals surface area contributed by atoms with Gasteiger partial charge in [-0.3, -0.25) is 9.59 Å². The van der Waals surface area contributed by atoms with E-state index in [1.54, 1.807) is 4.72 Å². The van der Waals surface area contributed by atoms with Gasteiger partial charge in [-0.1, -0.05) is 12.1 Å². The minimum atomic E-state index is -4.10. The number of rotatable bonds is 6. The Morgan fingerprint density at radius 3 is 2.60 bits per heavy atom. The number of benzene rings is 2. The van der Waals surface area contributed by atoms with Crippen LogP contribution in [0.5, 0.6) is 5.75 Å². The van der Waals surface area contributed by atoms with E-state index in [0.29, 0.717) is 10.5 Å². The van der Waals surface area contributed by atoms with Crippen LogP contribution < -0.4 is 24.3 Å². The molecule has 1 atom stereocenters. The van der Waals surface area contributed by atoms with Crippen molar-refractivity contribution in [3.8, 4) is 5.75 Å². The Morgan fingerprint density at radius 1 is 1.17 bits per heavy atom. The first kappa shape index (κ1) is 24.5. The molecule has 15 heteroatoms. The van der Waals surface area contributed by atoms with Gasteiger partial charge in [-0.2, -0.15) is 4.21 Å². The Labute approximate surface area is 204 Å². The summed E-state index contributed by atoms with van der Waals surface area (Å²) in [7, 11) is -4.10. The van der Waals surface area contributed by atoms with Crippen molar-refractivity contribution < 1.29 is 35.6 Å². The number of nitrogens with one attached hydrogen (secondary N) is 2. The number of carbonyl (C=O) groups is 3. The van der Waals surface area contributed by atoms with Crippen molar-refractivity contribution in [3.05, 3.63) is 70.9 Å². The summed E-state index contributed by atoms with van der Waals surface area (Å²) < 4.78 is 56.8. The Morgan fingerprint density at radius 2 is 1.94 bits per heavy atom. The molecule has 4 N–H and O–H groups in total. The van der Waals surface area contributed by atoms with Gasteiger partial charge in [0.2, 0.25) is 5.91 Å². The molecule has 4 rings (SSSR count). The molecule has 0 radical (unpaired) electrons. The van der Waals surface area contributed by atoms with Crippen LogP contribution in [0.4, 0.5) is 20.6 Å². The number of amides is 4. The zero-order valence-corrected chi connectivity index (χ0v) is 19.8. The van der Waals surface area contributed by atoms with E-state index in [2.05, 4.69) is 5.32 Å². The highest BCUT2D eigenvalue weighted by molar-refractivity contribution is 7.92. The lowest BCUT2D eigenvalue weighted by molar-refractivity contribution is -0.117. The third kappa shape index (κ3) is 5.22. The van der Waals surface area contributed by atoms with Gasteiger partial charge in [-0.05, 0) is 47.3 Å². The number of imide groups is 1. The fourth-order valence-electron chi connectivity index (χ4n) is 3.29. The number of fused-ring (bicyclic) bond motifs is 1. The van der Waals surface area contributed by atoms with Gasteiger partial charge in [-0.25, -0.2) is 32.4 Å². The molecule has 0 bridgehead atoms. The van der Waals surface area contributed by atoms with Crippen molar-refractivity contribution in [1.29, 1.82) is 0 Å². The number of hydrogen-bond donors (Lipinski definition) is 3. The molecule has 0 fully saturated rings. The molecule has 1 unspecified atom stereocenters. The van der Waals surface area contributed by atoms with Gasteiger partial charge in [-0.15, -0.1) is 11.3 Å². The van der Waals surface area contributed by atoms with Gasteiger partial charge in [0.05, 0.1) is 12.1 Å². The molecule has 0 aliphatic carbocycles. The molecule has 0 saturated heterocycles. The molecule has 35 heavy (non-hydrogen) atoms. The first-order valence-electron chi connectivity index (χ1n) is 9.57. The van der Waals surface area contributed by atoms with Crippen LogP contribution in [-0.2, 0) is 32.5 Å². The molecule has 182 valence electrons. The Bertz CT molecular complexity index is 1480. The van der Waals surface area contributed by atoms with Crippen molar-refractivity contribution in [2.75, 3.05) is 10.2 Å². The molecule has 11 nitrogen and oxygen atoms in total. The molecule has 1 aromatic heterocycles. The van der Waals surface area contributed by atoms with Crippen LogP contribution in [0.15, 0.2) is 58.1 Å². The maximum atomic E-state index is 14.9. The normalized spacial score (nSPS) is 14.3. The summed E-state index contributed by atoms with van der Waals surface area (Å²) in [6.07, 6.45) is -0.213. The third-order valence-electron chi connectivity index (χ3n) is 4.72. The predicted octanol–water partition coefficient (Wildman–Crippen LogP) is 2.04. The summed E-state index contributed by atoms with van der Waals surface area (Å²) in [4.78, 5) is 38.3. The Hall–Kier alpha value is -3.66. The average Bonchev–Trinajstić information content (AvgIpc) is 3.31. The lowest BCUT2D eigenvalue weighted by Gasteiger charge is -2.27. The fraction of sp³-hybridized carbons (Fsp3) is 0.0500. The molecule has 3 aromatic rings. The first-order valence-corrected chi connectivity index (χ1v) is 13.1. The van der Waals surface area contributed by atoms with Crippen LogP contribution in [0.25, 0.3) is 0 Å². The van der Waals surface area contributed by atoms with Gasteiger partial charge in [0, 0.05) is 11.3 Å². The van der Waals surface area contributed by atoms with Crippen LogP contribution in [-0.4, -0.2) is 30.5 Å². The number of anilines is 2. The summed E-state index contributed by atoms with van der Waals surface area (Å²) in [5, 5.41) is 8.79. The van der Waals surface area contributed by atoms with E-state index in [9.17, 15) is 31.4 Å². The lowest BCUT2D eigenvalue weighted by atomic mass is 9.97. The number of nitrogens with zero attached hydrogens (tertiary/aromatic N) is 1. The van der Waals surface area contributed by atoms with Crippen LogP contribution in [0.1, 0.15) is 15.9 Å². The largest absolute Gasteiger partial charge is 0.389 e. The van der Waals surface area contributed by atoms with Crippen molar-refractivity contribution in [3.63, 3.8) is 0 Å². The quantitative estimate of drug-likeness (QED) is 0.404. The third-order valence-corrected chi connectivity index (χ3v) is 7.80. The number of carbonyl (C=O) groups excluding carboxylic acids is 3. The molecule has 1 aliphatic heterocycles. The minimum Gasteiger partial charge on any atom is -0.389 e. The highest BCUT2D eigenvalue weighted by Crippen LogP contribution is 2.31. The monoisotopic (exact) mass is 538 g/mol. The molecule has 4 amide bonds. The Balaban J connectivity index is 1.54. The molecule has 0 spiro atoms. The van der Waals surface area contributed by atoms with E-state index in [4.69, 9.17) is 9.32 Å². The van der Waals surface area contributed by atoms with Crippen molar-refractivity contribution in [1.82, 2.24) is 4.72 Å². The SMILES string of the molecule is NS(=O)Oc1ccc2c(c1)C(=O)N(c1ccc(NC(=O)NS(=O)(=O)c3cccs3)cc1F)C(=O)C2. The summed E-state index contributed by atoms with van der Waals surface area (Å²) in [5.41, 5.74) is -0.0962. The van der Waals surface area contributed by atoms with Crippen molar-refractivity contribution in [2.24, 2.45) is 5.14 Å². The second-order valence-electron chi connectivity index (χ2n) is 7.03. The maximum Gasteiger partial charge on any atom is 0.333 e. The van der Waals surface area contributed by atoms with Gasteiger partial charge in [0.15, 0.2) is 0 Å². The highest BCUT2D eigenvalue weighted by Gasteiger charge is 2.34. The molecular weight excluding hydrogens is 523 g/mol. The Kier molecular flexibility index (Phi) is 6.66. The van der Waals surface area contributed by atoms with E-state index < -0.39 is 45.0 Å². The molecule has 2 aromatic carbocycles. The number of hydrogen-bond acceptors (Lipinski definition) is 8. The van der Waals surface area contributed by atoms with Gasteiger partial charge in [0.1, 0.15) is 15.8 Å². The zero-order chi connectivity index (χ0) is 25.3. The summed E-state index contributed by atoms with van der Waals surface area (Å²) in [6.45, 7) is 0. The molecule has 1 aliphatic rings. The van der Waals surface area contributed by atoms with Crippen LogP contribution in [0.3, 0.4) is 0 Å². The first-order chi connectivity index (χ1) is 16.5. The minimum absolute atomic E-state index is 0.0239. The lowest BCUT2D eigenvalue weighted by Crippen LogP contribution is -2.43. The topological polar surface area (TPSA) is 165 Å². The number of urea groups is 1. The van der Waals surface area contributed by atoms with Crippen molar-refractivity contribution >= 4 is 61.8 Å². The summed E-state index contributed by atoms with van der Waals surface area (Å²) >= 11 is -1.23. The van der Waals surface area contributed by atoms with E-state index >= 15 is 0 Å². The average molecular weight is 539 g/mol. The number of nitrogens with two attached hydrogens (primary N) is 1. The smallest absolute Gasteiger partial charge is 0.333 e. The van der Waals surface area contributed by atoms with Gasteiger partial charge in [0.25, 0.3) is 27.2 Å². The van der Waals surface area contributed by atoms with Crippen LogP contribution in [0, 0.1) is 5.82 Å². The number of halogens is 1. The molecule has 0 saturated carbocycles. The summed E-state index contributed by atoms with van der Waals surface area (Å²) in [5.74, 6) is -2.54. The zero-order valence-electron chi connectivity index (χ0n) is 17.4. The standard InChI is InChI=1S/C20H15FN4O7S3/c21-15-9-12(23-20(28)24-35(30,31)18-2-1-7-33-18)4-6-16(15)25-17(26)8-11-3-5-13(32-34(22)29)10-14(11)19(25)27/h1-7,9-10H,8,22H2,(H2,23,24,28). The van der Waals surface area contributed by atoms with Crippen LogP contribution in [0.2, 0.25) is 0 Å². The van der Waals surface area contributed by atoms with Gasteiger partial charge < -0.3 is 9.50 Å². The highest BCUT2D eigenvalue weighted by atomic mass is 32.2. The van der Waals surface area contributed by atoms with E-state index in [1.165, 1.54) is 41.8 Å². The van der Waals surface area contributed by atoms with E-state index in [-0.39, 0.29) is 33.3 Å². The second kappa shape index (κ2) is 9.53. The summed E-state index contributed by atoms with van der Waals surface area (Å²) in [6, 6.07) is 8.88. The van der Waals surface area contributed by atoms with Crippen LogP contribution >= 0.6 is 11.3 Å². The van der Waals surface area contributed by atoms with E-state index in [1.807, 2.05) is 0 Å². The number of sulfonamides is 1. The second-order valence-corrected chi connectivity index (χ2v) is 10.6. The fourth-order valence-corrected chi connectivity index (χ4v) is 5.48. The van der Waals surface area contributed by atoms with E-state index in [0.717, 1.165) is 23.5 Å². The number of thiophene rings is 1. The predicted molar refractivity (Wildman–Crippen MR) is 125 cm³/mol. The van der Waals surface area contributed by atoms with Gasteiger partial charge >= 0.3 is 6.03 Å². The van der Waals surface area contributed by atoms with Crippen molar-refractivity contribution in [2.45, 2.75) is 10.6 Å². The maximum absolute atomic E-state index is 14.9.